The van der Waals surface area contributed by atoms with Crippen LogP contribution in [0.25, 0.3) is 0 Å². The molecule has 0 heterocycles. The van der Waals surface area contributed by atoms with E-state index in [1.165, 1.54) is 44.6 Å². The van der Waals surface area contributed by atoms with Gasteiger partial charge >= 0.3 is 0 Å². The minimum absolute atomic E-state index is 0.0983. The van der Waals surface area contributed by atoms with Crippen LogP contribution in [0.1, 0.15) is 69.8 Å². The molecule has 0 spiro atoms. The van der Waals surface area contributed by atoms with Gasteiger partial charge in [0.1, 0.15) is 11.6 Å². The van der Waals surface area contributed by atoms with Crippen molar-refractivity contribution in [1.29, 1.82) is 0 Å². The highest BCUT2D eigenvalue weighted by molar-refractivity contribution is 5.31. The van der Waals surface area contributed by atoms with Crippen LogP contribution < -0.4 is 4.74 Å². The van der Waals surface area contributed by atoms with Gasteiger partial charge in [-0.3, -0.25) is 0 Å². The lowest BCUT2D eigenvalue weighted by molar-refractivity contribution is 0.299. The van der Waals surface area contributed by atoms with Crippen molar-refractivity contribution in [3.05, 3.63) is 29.6 Å². The van der Waals surface area contributed by atoms with E-state index >= 15 is 0 Å². The Kier molecular flexibility index (Phi) is 5.87. The summed E-state index contributed by atoms with van der Waals surface area (Å²) in [5.74, 6) is 1.79. The van der Waals surface area contributed by atoms with E-state index in [0.717, 1.165) is 24.3 Å². The second-order valence-corrected chi connectivity index (χ2v) is 6.10. The summed E-state index contributed by atoms with van der Waals surface area (Å²) in [4.78, 5) is 0. The summed E-state index contributed by atoms with van der Waals surface area (Å²) in [6, 6.07) is 5.31. The number of hydrogen-bond acceptors (Lipinski definition) is 1. The quantitative estimate of drug-likeness (QED) is 0.607. The van der Waals surface area contributed by atoms with Crippen LogP contribution >= 0.6 is 0 Å². The van der Waals surface area contributed by atoms with Gasteiger partial charge < -0.3 is 4.74 Å². The van der Waals surface area contributed by atoms with Crippen LogP contribution in [0, 0.1) is 11.7 Å². The van der Waals surface area contributed by atoms with Crippen molar-refractivity contribution in [2.45, 2.75) is 64.2 Å². The molecule has 20 heavy (non-hydrogen) atoms. The Morgan fingerprint density at radius 1 is 1.15 bits per heavy atom. The van der Waals surface area contributed by atoms with Gasteiger partial charge in [-0.15, -0.1) is 0 Å². The number of unbranched alkanes of at least 4 members (excludes halogenated alkanes) is 2. The van der Waals surface area contributed by atoms with E-state index in [1.54, 1.807) is 7.11 Å². The molecule has 2 rings (SSSR count). The molecule has 0 aliphatic heterocycles. The summed E-state index contributed by atoms with van der Waals surface area (Å²) >= 11 is 0. The fourth-order valence-electron chi connectivity index (χ4n) is 3.41. The molecule has 0 N–H and O–H groups in total. The van der Waals surface area contributed by atoms with Crippen molar-refractivity contribution < 1.29 is 9.13 Å². The predicted octanol–water partition coefficient (Wildman–Crippen LogP) is 5.69. The minimum atomic E-state index is -0.0983. The molecule has 0 saturated heterocycles. The standard InChI is InChI=1S/C18H27FO/c1-3-4-5-6-14-7-9-15(10-8-14)17-12-11-16(20-2)13-18(17)19/h11-15H,3-10H2,1-2H3. The Morgan fingerprint density at radius 2 is 1.90 bits per heavy atom. The Balaban J connectivity index is 1.87. The lowest BCUT2D eigenvalue weighted by atomic mass is 9.77. The van der Waals surface area contributed by atoms with Crippen molar-refractivity contribution in [2.24, 2.45) is 5.92 Å². The van der Waals surface area contributed by atoms with E-state index in [9.17, 15) is 4.39 Å². The lowest BCUT2D eigenvalue weighted by Gasteiger charge is -2.29. The topological polar surface area (TPSA) is 9.23 Å². The third kappa shape index (κ3) is 3.97. The lowest BCUT2D eigenvalue weighted by Crippen LogP contribution is -2.14. The second-order valence-electron chi connectivity index (χ2n) is 6.10. The normalized spacial score (nSPS) is 22.8. The molecule has 0 aromatic heterocycles. The molecular formula is C18H27FO. The zero-order chi connectivity index (χ0) is 14.4. The molecule has 0 radical (unpaired) electrons. The van der Waals surface area contributed by atoms with Crippen LogP contribution in [0.2, 0.25) is 0 Å². The molecule has 2 heteroatoms. The van der Waals surface area contributed by atoms with Crippen LogP contribution in [0.3, 0.4) is 0 Å². The van der Waals surface area contributed by atoms with E-state index < -0.39 is 0 Å². The highest BCUT2D eigenvalue weighted by Gasteiger charge is 2.24. The monoisotopic (exact) mass is 278 g/mol. The minimum Gasteiger partial charge on any atom is -0.497 e. The number of ether oxygens (including phenoxy) is 1. The number of halogens is 1. The van der Waals surface area contributed by atoms with E-state index in [-0.39, 0.29) is 5.82 Å². The molecule has 1 aliphatic carbocycles. The van der Waals surface area contributed by atoms with Crippen LogP contribution in [0.5, 0.6) is 5.75 Å². The van der Waals surface area contributed by atoms with Gasteiger partial charge in [0.25, 0.3) is 0 Å². The summed E-state index contributed by atoms with van der Waals surface area (Å²) in [6.45, 7) is 2.25. The molecule has 1 fully saturated rings. The van der Waals surface area contributed by atoms with Crippen LogP contribution in [-0.2, 0) is 0 Å². The van der Waals surface area contributed by atoms with Gasteiger partial charge in [0.15, 0.2) is 0 Å². The molecule has 1 aromatic carbocycles. The molecule has 0 atom stereocenters. The molecule has 0 amide bonds. The Hall–Kier alpha value is -1.05. The van der Waals surface area contributed by atoms with Gasteiger partial charge in [-0.25, -0.2) is 4.39 Å². The SMILES string of the molecule is CCCCCC1CCC(c2ccc(OC)cc2F)CC1. The number of hydrogen-bond donors (Lipinski definition) is 0. The van der Waals surface area contributed by atoms with Crippen molar-refractivity contribution in [2.75, 3.05) is 7.11 Å². The Bertz CT molecular complexity index is 408. The van der Waals surface area contributed by atoms with E-state index in [0.29, 0.717) is 11.7 Å². The van der Waals surface area contributed by atoms with Gasteiger partial charge in [0, 0.05) is 6.07 Å². The van der Waals surface area contributed by atoms with Crippen molar-refractivity contribution in [3.8, 4) is 5.75 Å². The summed E-state index contributed by atoms with van der Waals surface area (Å²) < 4.78 is 19.2. The molecular weight excluding hydrogens is 251 g/mol. The zero-order valence-corrected chi connectivity index (χ0v) is 12.8. The molecule has 1 saturated carbocycles. The average Bonchev–Trinajstić information content (AvgIpc) is 2.48. The van der Waals surface area contributed by atoms with Crippen LogP contribution in [0.15, 0.2) is 18.2 Å². The van der Waals surface area contributed by atoms with Crippen LogP contribution in [0.4, 0.5) is 4.39 Å². The summed E-state index contributed by atoms with van der Waals surface area (Å²) in [6.07, 6.45) is 10.2. The molecule has 1 nitrogen and oxygen atoms in total. The maximum absolute atomic E-state index is 14.1. The van der Waals surface area contributed by atoms with Gasteiger partial charge in [0.05, 0.1) is 7.11 Å². The highest BCUT2D eigenvalue weighted by Crippen LogP contribution is 2.39. The summed E-state index contributed by atoms with van der Waals surface area (Å²) in [5.41, 5.74) is 0.887. The van der Waals surface area contributed by atoms with Gasteiger partial charge in [-0.2, -0.15) is 0 Å². The van der Waals surface area contributed by atoms with Crippen molar-refractivity contribution >= 4 is 0 Å². The maximum Gasteiger partial charge on any atom is 0.130 e. The summed E-state index contributed by atoms with van der Waals surface area (Å²) in [7, 11) is 1.58. The zero-order valence-electron chi connectivity index (χ0n) is 12.8. The Morgan fingerprint density at radius 3 is 2.50 bits per heavy atom. The smallest absolute Gasteiger partial charge is 0.130 e. The average molecular weight is 278 g/mol. The highest BCUT2D eigenvalue weighted by atomic mass is 19.1. The predicted molar refractivity (Wildman–Crippen MR) is 81.8 cm³/mol. The van der Waals surface area contributed by atoms with Crippen molar-refractivity contribution in [3.63, 3.8) is 0 Å². The van der Waals surface area contributed by atoms with E-state index in [4.69, 9.17) is 4.74 Å². The largest absolute Gasteiger partial charge is 0.497 e. The number of benzene rings is 1. The molecule has 1 aliphatic rings. The van der Waals surface area contributed by atoms with Crippen LogP contribution in [-0.4, -0.2) is 7.11 Å². The fourth-order valence-corrected chi connectivity index (χ4v) is 3.41. The molecule has 1 aromatic rings. The van der Waals surface area contributed by atoms with Crippen molar-refractivity contribution in [1.82, 2.24) is 0 Å². The van der Waals surface area contributed by atoms with E-state index in [2.05, 4.69) is 6.92 Å². The first-order chi connectivity index (χ1) is 9.74. The first kappa shape index (κ1) is 15.3. The van der Waals surface area contributed by atoms with Gasteiger partial charge in [-0.1, -0.05) is 38.7 Å². The third-order valence-corrected chi connectivity index (χ3v) is 4.71. The van der Waals surface area contributed by atoms with E-state index in [1.807, 2.05) is 12.1 Å². The number of rotatable bonds is 6. The first-order valence-corrected chi connectivity index (χ1v) is 8.08. The molecule has 0 unspecified atom stereocenters. The van der Waals surface area contributed by atoms with Gasteiger partial charge in [-0.05, 0) is 49.1 Å². The third-order valence-electron chi connectivity index (χ3n) is 4.71. The molecule has 112 valence electrons. The number of methoxy groups -OCH3 is 1. The fraction of sp³-hybridized carbons (Fsp3) is 0.667. The summed E-state index contributed by atoms with van der Waals surface area (Å²) in [5, 5.41) is 0. The second kappa shape index (κ2) is 7.66. The Labute approximate surface area is 122 Å². The maximum atomic E-state index is 14.1. The van der Waals surface area contributed by atoms with Gasteiger partial charge in [0.2, 0.25) is 0 Å². The first-order valence-electron chi connectivity index (χ1n) is 8.08. The molecule has 0 bridgehead atoms.